The highest BCUT2D eigenvalue weighted by Crippen LogP contribution is 2.38. The smallest absolute Gasteiger partial charge is 0.142 e. The van der Waals surface area contributed by atoms with Gasteiger partial charge in [0, 0.05) is 6.04 Å². The molecule has 1 aliphatic carbocycles. The molecule has 2 unspecified atom stereocenters. The van der Waals surface area contributed by atoms with Crippen LogP contribution in [0.1, 0.15) is 22.7 Å². The van der Waals surface area contributed by atoms with E-state index in [0.29, 0.717) is 12.0 Å². The minimum Gasteiger partial charge on any atom is -0.313 e. The molecule has 0 heterocycles. The van der Waals surface area contributed by atoms with Crippen LogP contribution in [0.5, 0.6) is 0 Å². The summed E-state index contributed by atoms with van der Waals surface area (Å²) in [4.78, 5) is 0. The van der Waals surface area contributed by atoms with Crippen LogP contribution in [-0.4, -0.2) is 7.05 Å². The van der Waals surface area contributed by atoms with Crippen molar-refractivity contribution >= 4 is 11.6 Å². The van der Waals surface area contributed by atoms with Gasteiger partial charge in [0.05, 0.1) is 5.02 Å². The highest BCUT2D eigenvalue weighted by molar-refractivity contribution is 6.31. The van der Waals surface area contributed by atoms with Crippen LogP contribution in [0.15, 0.2) is 42.5 Å². The fourth-order valence-electron chi connectivity index (χ4n) is 3.25. The normalized spacial score (nSPS) is 20.9. The molecule has 2 aromatic carbocycles. The Morgan fingerprint density at radius 3 is 2.80 bits per heavy atom. The molecule has 0 aliphatic heterocycles. The van der Waals surface area contributed by atoms with Crippen molar-refractivity contribution in [1.82, 2.24) is 5.32 Å². The lowest BCUT2D eigenvalue weighted by atomic mass is 9.93. The molecule has 0 aromatic heterocycles. The first-order chi connectivity index (χ1) is 9.70. The highest BCUT2D eigenvalue weighted by Gasteiger charge is 2.31. The molecule has 0 bridgehead atoms. The van der Waals surface area contributed by atoms with Crippen molar-refractivity contribution in [2.45, 2.75) is 18.9 Å². The Balaban J connectivity index is 1.87. The molecular weight excluding hydrogens is 273 g/mol. The maximum Gasteiger partial charge on any atom is 0.142 e. The summed E-state index contributed by atoms with van der Waals surface area (Å²) in [5, 5.41) is 3.65. The lowest BCUT2D eigenvalue weighted by Crippen LogP contribution is -2.23. The third kappa shape index (κ3) is 2.34. The van der Waals surface area contributed by atoms with E-state index in [1.54, 1.807) is 6.07 Å². The molecular formula is C17H17ClFN. The maximum atomic E-state index is 13.5. The molecule has 0 saturated carbocycles. The Bertz CT molecular complexity index is 626. The Kier molecular flexibility index (Phi) is 3.77. The third-order valence-corrected chi connectivity index (χ3v) is 4.59. The van der Waals surface area contributed by atoms with Crippen molar-refractivity contribution in [2.75, 3.05) is 7.05 Å². The van der Waals surface area contributed by atoms with Gasteiger partial charge in [-0.05, 0) is 48.6 Å². The summed E-state index contributed by atoms with van der Waals surface area (Å²) in [5.41, 5.74) is 3.63. The molecule has 3 rings (SSSR count). The summed E-state index contributed by atoms with van der Waals surface area (Å²) in [6.45, 7) is 0. The Morgan fingerprint density at radius 1 is 1.20 bits per heavy atom. The Morgan fingerprint density at radius 2 is 2.00 bits per heavy atom. The fraction of sp³-hybridized carbons (Fsp3) is 0.294. The number of nitrogens with one attached hydrogen (secondary N) is 1. The number of rotatable bonds is 3. The number of benzene rings is 2. The van der Waals surface area contributed by atoms with E-state index in [9.17, 15) is 4.39 Å². The second-order valence-corrected chi connectivity index (χ2v) is 5.72. The van der Waals surface area contributed by atoms with E-state index < -0.39 is 0 Å². The lowest BCUT2D eigenvalue weighted by Gasteiger charge is -2.20. The summed E-state index contributed by atoms with van der Waals surface area (Å²) >= 11 is 6.08. The van der Waals surface area contributed by atoms with Gasteiger partial charge in [-0.2, -0.15) is 0 Å². The van der Waals surface area contributed by atoms with Crippen molar-refractivity contribution in [3.8, 4) is 0 Å². The topological polar surface area (TPSA) is 12.0 Å². The van der Waals surface area contributed by atoms with E-state index in [1.807, 2.05) is 13.1 Å². The fourth-order valence-corrected chi connectivity index (χ4v) is 3.45. The first-order valence-electron chi connectivity index (χ1n) is 6.88. The molecule has 2 atom stereocenters. The largest absolute Gasteiger partial charge is 0.313 e. The first kappa shape index (κ1) is 13.6. The van der Waals surface area contributed by atoms with Crippen LogP contribution < -0.4 is 5.32 Å². The van der Waals surface area contributed by atoms with E-state index in [-0.39, 0.29) is 10.8 Å². The summed E-state index contributed by atoms with van der Waals surface area (Å²) in [7, 11) is 1.98. The van der Waals surface area contributed by atoms with Gasteiger partial charge in [0.15, 0.2) is 0 Å². The van der Waals surface area contributed by atoms with Crippen LogP contribution in [0, 0.1) is 11.7 Å². The number of hydrogen-bond donors (Lipinski definition) is 1. The molecule has 1 nitrogen and oxygen atoms in total. The summed E-state index contributed by atoms with van der Waals surface area (Å²) < 4.78 is 13.5. The van der Waals surface area contributed by atoms with E-state index in [0.717, 1.165) is 18.4 Å². The van der Waals surface area contributed by atoms with Crippen LogP contribution >= 0.6 is 11.6 Å². The van der Waals surface area contributed by atoms with E-state index in [2.05, 4.69) is 29.6 Å². The van der Waals surface area contributed by atoms with Gasteiger partial charge in [0.25, 0.3) is 0 Å². The van der Waals surface area contributed by atoms with Crippen molar-refractivity contribution in [3.63, 3.8) is 0 Å². The highest BCUT2D eigenvalue weighted by atomic mass is 35.5. The average molecular weight is 290 g/mol. The van der Waals surface area contributed by atoms with Gasteiger partial charge in [-0.3, -0.25) is 0 Å². The molecule has 3 heteroatoms. The molecule has 0 spiro atoms. The standard InChI is InChI=1S/C17H17ClFN/c1-20-17-13(9-11-5-2-3-7-14(11)17)10-12-6-4-8-15(19)16(12)18/h2-8,13,17,20H,9-10H2,1H3. The molecule has 0 amide bonds. The molecule has 0 saturated heterocycles. The summed E-state index contributed by atoms with van der Waals surface area (Å²) in [6.07, 6.45) is 1.80. The molecule has 2 aromatic rings. The Labute approximate surface area is 123 Å². The first-order valence-corrected chi connectivity index (χ1v) is 7.26. The van der Waals surface area contributed by atoms with Crippen LogP contribution in [0.3, 0.4) is 0 Å². The van der Waals surface area contributed by atoms with Crippen molar-refractivity contribution in [2.24, 2.45) is 5.92 Å². The Hall–Kier alpha value is -1.38. The number of fused-ring (bicyclic) bond motifs is 1. The maximum absolute atomic E-state index is 13.5. The van der Waals surface area contributed by atoms with Crippen LogP contribution in [-0.2, 0) is 12.8 Å². The van der Waals surface area contributed by atoms with Crippen molar-refractivity contribution in [1.29, 1.82) is 0 Å². The number of hydrogen-bond acceptors (Lipinski definition) is 1. The zero-order chi connectivity index (χ0) is 14.1. The average Bonchev–Trinajstić information content (AvgIpc) is 2.81. The lowest BCUT2D eigenvalue weighted by molar-refractivity contribution is 0.410. The van der Waals surface area contributed by atoms with Gasteiger partial charge >= 0.3 is 0 Å². The van der Waals surface area contributed by atoms with Crippen LogP contribution in [0.25, 0.3) is 0 Å². The molecule has 104 valence electrons. The van der Waals surface area contributed by atoms with Gasteiger partial charge in [-0.25, -0.2) is 4.39 Å². The molecule has 0 fully saturated rings. The second kappa shape index (κ2) is 5.55. The van der Waals surface area contributed by atoms with Gasteiger partial charge < -0.3 is 5.32 Å². The molecule has 1 aliphatic rings. The van der Waals surface area contributed by atoms with Gasteiger partial charge in [0.1, 0.15) is 5.82 Å². The summed E-state index contributed by atoms with van der Waals surface area (Å²) in [6, 6.07) is 13.9. The minimum absolute atomic E-state index is 0.262. The van der Waals surface area contributed by atoms with E-state index in [4.69, 9.17) is 11.6 Å². The zero-order valence-corrected chi connectivity index (χ0v) is 12.1. The van der Waals surface area contributed by atoms with Crippen LogP contribution in [0.2, 0.25) is 5.02 Å². The van der Waals surface area contributed by atoms with Crippen LogP contribution in [0.4, 0.5) is 4.39 Å². The molecule has 1 N–H and O–H groups in total. The van der Waals surface area contributed by atoms with Crippen molar-refractivity contribution < 1.29 is 4.39 Å². The van der Waals surface area contributed by atoms with Gasteiger partial charge in [0.2, 0.25) is 0 Å². The predicted octanol–water partition coefficient (Wildman–Crippen LogP) is 4.15. The monoisotopic (exact) mass is 289 g/mol. The predicted molar refractivity (Wildman–Crippen MR) is 80.6 cm³/mol. The third-order valence-electron chi connectivity index (χ3n) is 4.17. The minimum atomic E-state index is -0.333. The van der Waals surface area contributed by atoms with E-state index in [1.165, 1.54) is 17.2 Å². The zero-order valence-electron chi connectivity index (χ0n) is 11.4. The van der Waals surface area contributed by atoms with Gasteiger partial charge in [-0.1, -0.05) is 48.0 Å². The molecule has 0 radical (unpaired) electrons. The quantitative estimate of drug-likeness (QED) is 0.895. The second-order valence-electron chi connectivity index (χ2n) is 5.35. The number of halogens is 2. The van der Waals surface area contributed by atoms with Crippen molar-refractivity contribution in [3.05, 3.63) is 70.0 Å². The summed E-state index contributed by atoms with van der Waals surface area (Å²) in [5.74, 6) is 0.0809. The van der Waals surface area contributed by atoms with Gasteiger partial charge in [-0.15, -0.1) is 0 Å². The SMILES string of the molecule is CNC1c2ccccc2CC1Cc1cccc(F)c1Cl. The van der Waals surface area contributed by atoms with E-state index >= 15 is 0 Å². The molecule has 20 heavy (non-hydrogen) atoms.